The van der Waals surface area contributed by atoms with E-state index in [1.807, 2.05) is 0 Å². The minimum atomic E-state index is -0.953. The maximum atomic E-state index is 10.9. The summed E-state index contributed by atoms with van der Waals surface area (Å²) in [6, 6.07) is 3.27. The Morgan fingerprint density at radius 3 is 2.94 bits per heavy atom. The first kappa shape index (κ1) is 11.1. The number of carboxylic acid groups (broad SMARTS) is 1. The van der Waals surface area contributed by atoms with Crippen LogP contribution in [0, 0.1) is 0 Å². The number of hydrogen-bond donors (Lipinski definition) is 2. The van der Waals surface area contributed by atoms with E-state index in [4.69, 9.17) is 10.8 Å². The van der Waals surface area contributed by atoms with Gasteiger partial charge in [0, 0.05) is 12.6 Å². The summed E-state index contributed by atoms with van der Waals surface area (Å²) in [6.07, 6.45) is 2.16. The maximum absolute atomic E-state index is 10.9. The van der Waals surface area contributed by atoms with Gasteiger partial charge in [0.15, 0.2) is 0 Å². The first-order valence-corrected chi connectivity index (χ1v) is 5.52. The topological polar surface area (TPSA) is 80.6 Å². The molecule has 0 amide bonds. The lowest BCUT2D eigenvalue weighted by atomic mass is 10.2. The van der Waals surface area contributed by atoms with Gasteiger partial charge in [-0.1, -0.05) is 0 Å². The predicted molar refractivity (Wildman–Crippen MR) is 62.6 cm³/mol. The smallest absolute Gasteiger partial charge is 0.337 e. The fourth-order valence-corrected chi connectivity index (χ4v) is 2.07. The van der Waals surface area contributed by atoms with Crippen LogP contribution in [0.2, 0.25) is 0 Å². The Balaban J connectivity index is 2.64. The Morgan fingerprint density at radius 1 is 1.56 bits per heavy atom. The summed E-state index contributed by atoms with van der Waals surface area (Å²) in [5, 5.41) is 8.90. The number of carboxylic acids is 1. The van der Waals surface area contributed by atoms with Crippen LogP contribution in [-0.4, -0.2) is 27.0 Å². The minimum Gasteiger partial charge on any atom is -0.478 e. The normalized spacial score (nSPS) is 10.9. The number of imidazole rings is 1. The molecule has 0 aliphatic rings. The van der Waals surface area contributed by atoms with Crippen LogP contribution < -0.4 is 5.73 Å². The lowest BCUT2D eigenvalue weighted by Crippen LogP contribution is -2.07. The monoisotopic (exact) mass is 283 g/mol. The molecule has 0 spiro atoms. The molecule has 0 atom stereocenters. The molecule has 2 aromatic rings. The van der Waals surface area contributed by atoms with E-state index in [-0.39, 0.29) is 5.56 Å². The van der Waals surface area contributed by atoms with Gasteiger partial charge < -0.3 is 15.2 Å². The van der Waals surface area contributed by atoms with Crippen molar-refractivity contribution in [3.63, 3.8) is 0 Å². The van der Waals surface area contributed by atoms with Crippen LogP contribution in [0.4, 0.5) is 0 Å². The molecule has 0 saturated carbocycles. The molecule has 0 saturated heterocycles. The summed E-state index contributed by atoms with van der Waals surface area (Å²) in [6.45, 7) is 0.475. The summed E-state index contributed by atoms with van der Waals surface area (Å²) < 4.78 is 2.45. The Labute approximate surface area is 100 Å². The highest BCUT2D eigenvalue weighted by Gasteiger charge is 2.11. The molecule has 0 fully saturated rings. The summed E-state index contributed by atoms with van der Waals surface area (Å²) in [5.74, 6) is -0.196. The van der Waals surface area contributed by atoms with Gasteiger partial charge >= 0.3 is 5.97 Å². The highest BCUT2D eigenvalue weighted by molar-refractivity contribution is 9.10. The summed E-state index contributed by atoms with van der Waals surface area (Å²) in [5.41, 5.74) is 6.55. The number of pyridine rings is 1. The van der Waals surface area contributed by atoms with Gasteiger partial charge in [0.05, 0.1) is 11.1 Å². The van der Waals surface area contributed by atoms with Crippen molar-refractivity contribution in [2.75, 3.05) is 6.54 Å². The SMILES string of the molecule is NCCc1nc(Br)c2ccc(C(=O)O)cn12. The number of nitrogens with zero attached hydrogens (tertiary/aromatic N) is 2. The lowest BCUT2D eigenvalue weighted by molar-refractivity contribution is 0.0696. The van der Waals surface area contributed by atoms with Gasteiger partial charge in [-0.2, -0.15) is 0 Å². The fraction of sp³-hybridized carbons (Fsp3) is 0.200. The molecule has 5 nitrogen and oxygen atoms in total. The largest absolute Gasteiger partial charge is 0.478 e. The fourth-order valence-electron chi connectivity index (χ4n) is 1.54. The Bertz CT molecular complexity index is 550. The quantitative estimate of drug-likeness (QED) is 0.890. The van der Waals surface area contributed by atoms with Crippen molar-refractivity contribution in [1.29, 1.82) is 0 Å². The van der Waals surface area contributed by atoms with E-state index >= 15 is 0 Å². The maximum Gasteiger partial charge on any atom is 0.337 e. The number of carbonyl (C=O) groups is 1. The molecule has 0 aliphatic heterocycles. The van der Waals surface area contributed by atoms with Gasteiger partial charge in [0.25, 0.3) is 0 Å². The van der Waals surface area contributed by atoms with Gasteiger partial charge in [-0.05, 0) is 34.6 Å². The summed E-state index contributed by atoms with van der Waals surface area (Å²) in [4.78, 5) is 15.1. The highest BCUT2D eigenvalue weighted by Crippen LogP contribution is 2.20. The van der Waals surface area contributed by atoms with Crippen LogP contribution in [0.1, 0.15) is 16.2 Å². The number of nitrogens with two attached hydrogens (primary N) is 1. The van der Waals surface area contributed by atoms with E-state index in [2.05, 4.69) is 20.9 Å². The highest BCUT2D eigenvalue weighted by atomic mass is 79.9. The van der Waals surface area contributed by atoms with Crippen molar-refractivity contribution < 1.29 is 9.90 Å². The number of halogens is 1. The molecule has 0 aromatic carbocycles. The van der Waals surface area contributed by atoms with Crippen molar-refractivity contribution in [3.05, 3.63) is 34.3 Å². The average molecular weight is 284 g/mol. The van der Waals surface area contributed by atoms with E-state index in [0.29, 0.717) is 17.6 Å². The van der Waals surface area contributed by atoms with Crippen LogP contribution in [0.25, 0.3) is 5.52 Å². The van der Waals surface area contributed by atoms with E-state index in [9.17, 15) is 4.79 Å². The first-order chi connectivity index (χ1) is 7.63. The zero-order valence-electron chi connectivity index (χ0n) is 8.35. The summed E-state index contributed by atoms with van der Waals surface area (Å²) >= 11 is 3.33. The van der Waals surface area contributed by atoms with Gasteiger partial charge in [-0.25, -0.2) is 9.78 Å². The van der Waals surface area contributed by atoms with E-state index in [1.54, 1.807) is 22.7 Å². The average Bonchev–Trinajstić information content (AvgIpc) is 2.56. The molecule has 0 bridgehead atoms. The number of fused-ring (bicyclic) bond motifs is 1. The van der Waals surface area contributed by atoms with Crippen molar-refractivity contribution in [3.8, 4) is 0 Å². The molecule has 0 aliphatic carbocycles. The van der Waals surface area contributed by atoms with Crippen molar-refractivity contribution in [2.24, 2.45) is 5.73 Å². The molecule has 0 unspecified atom stereocenters. The Kier molecular flexibility index (Phi) is 2.93. The molecule has 0 radical (unpaired) electrons. The molecular formula is C10H10BrN3O2. The molecular weight excluding hydrogens is 274 g/mol. The second-order valence-corrected chi connectivity index (χ2v) is 4.09. The van der Waals surface area contributed by atoms with Crippen LogP contribution in [-0.2, 0) is 6.42 Å². The van der Waals surface area contributed by atoms with Crippen molar-refractivity contribution in [1.82, 2.24) is 9.38 Å². The number of hydrogen-bond acceptors (Lipinski definition) is 3. The van der Waals surface area contributed by atoms with Gasteiger partial charge in [0.2, 0.25) is 0 Å². The molecule has 3 N–H and O–H groups in total. The zero-order chi connectivity index (χ0) is 11.7. The van der Waals surface area contributed by atoms with E-state index in [0.717, 1.165) is 11.3 Å². The van der Waals surface area contributed by atoms with Gasteiger partial charge in [-0.3, -0.25) is 0 Å². The van der Waals surface area contributed by atoms with Crippen LogP contribution in [0.3, 0.4) is 0 Å². The zero-order valence-corrected chi connectivity index (χ0v) is 9.94. The van der Waals surface area contributed by atoms with Crippen LogP contribution in [0.5, 0.6) is 0 Å². The first-order valence-electron chi connectivity index (χ1n) is 4.73. The Morgan fingerprint density at radius 2 is 2.31 bits per heavy atom. The predicted octanol–water partition coefficient (Wildman–Crippen LogP) is 1.30. The third-order valence-electron chi connectivity index (χ3n) is 2.28. The number of aromatic carboxylic acids is 1. The van der Waals surface area contributed by atoms with Crippen molar-refractivity contribution in [2.45, 2.75) is 6.42 Å². The molecule has 84 valence electrons. The van der Waals surface area contributed by atoms with Gasteiger partial charge in [-0.15, -0.1) is 0 Å². The molecule has 2 heterocycles. The molecule has 2 aromatic heterocycles. The second-order valence-electron chi connectivity index (χ2n) is 3.34. The number of aromatic nitrogens is 2. The Hall–Kier alpha value is -1.40. The number of rotatable bonds is 3. The van der Waals surface area contributed by atoms with E-state index in [1.165, 1.54) is 0 Å². The van der Waals surface area contributed by atoms with Crippen LogP contribution >= 0.6 is 15.9 Å². The lowest BCUT2D eigenvalue weighted by Gasteiger charge is -2.00. The van der Waals surface area contributed by atoms with E-state index < -0.39 is 5.97 Å². The molecule has 16 heavy (non-hydrogen) atoms. The summed E-state index contributed by atoms with van der Waals surface area (Å²) in [7, 11) is 0. The van der Waals surface area contributed by atoms with Gasteiger partial charge in [0.1, 0.15) is 10.4 Å². The third-order valence-corrected chi connectivity index (χ3v) is 2.86. The molecule has 2 rings (SSSR count). The molecule has 6 heteroatoms. The standard InChI is InChI=1S/C10H10BrN3O2/c11-9-7-2-1-6(10(15)16)5-14(7)8(13-9)3-4-12/h1-2,5H,3-4,12H2,(H,15,16). The van der Waals surface area contributed by atoms with Crippen LogP contribution in [0.15, 0.2) is 22.9 Å². The van der Waals surface area contributed by atoms with Crippen molar-refractivity contribution >= 4 is 27.4 Å². The third kappa shape index (κ3) is 1.81. The second kappa shape index (κ2) is 4.23. The minimum absolute atomic E-state index is 0.232.